The van der Waals surface area contributed by atoms with Crippen molar-refractivity contribution in [2.75, 3.05) is 7.11 Å². The van der Waals surface area contributed by atoms with Crippen molar-refractivity contribution in [3.63, 3.8) is 0 Å². The Morgan fingerprint density at radius 1 is 0.378 bits per heavy atom. The molecule has 0 unspecified atom stereocenters. The maximum Gasteiger partial charge on any atom is 0.327 e. The van der Waals surface area contributed by atoms with E-state index in [1.54, 1.807) is 0 Å². The molecule has 37 heavy (non-hydrogen) atoms. The molecule has 0 atom stereocenters. The van der Waals surface area contributed by atoms with Gasteiger partial charge in [-0.1, -0.05) is 199 Å². The minimum Gasteiger partial charge on any atom is -0.478 e. The molecule has 0 heterocycles. The standard InChI is InChI=1S/3C10H20.C3H4O2.CH4O/c3*1-2-4-6-8-10-9-7-5-3-1;1-2-3(4)5;1-2/h3*1-10H2;2H,1H2,(H,4,5);2H,1H3. The van der Waals surface area contributed by atoms with E-state index in [1.165, 1.54) is 193 Å². The highest BCUT2D eigenvalue weighted by atomic mass is 16.4. The zero-order valence-corrected chi connectivity index (χ0v) is 25.3. The Hall–Kier alpha value is -0.830. The SMILES string of the molecule is C1CCCCCCCCC1.C1CCCCCCCCC1.C1CCCCCCCCC1.C=CC(=O)O.CO. The molecule has 0 aromatic carbocycles. The molecule has 3 nitrogen and oxygen atoms in total. The Morgan fingerprint density at radius 2 is 0.432 bits per heavy atom. The Kier molecular flexibility index (Phi) is 38.7. The third kappa shape index (κ3) is 39.8. The van der Waals surface area contributed by atoms with Crippen LogP contribution in [0, 0.1) is 0 Å². The summed E-state index contributed by atoms with van der Waals surface area (Å²) in [5.74, 6) is -0.981. The third-order valence-corrected chi connectivity index (χ3v) is 7.67. The number of aliphatic carboxylic acids is 1. The molecule has 2 N–H and O–H groups in total. The number of hydrogen-bond donors (Lipinski definition) is 2. The average molecular weight is 525 g/mol. The molecular weight excluding hydrogens is 456 g/mol. The van der Waals surface area contributed by atoms with E-state index < -0.39 is 5.97 Å². The molecule has 3 saturated carbocycles. The fourth-order valence-electron chi connectivity index (χ4n) is 5.30. The highest BCUT2D eigenvalue weighted by Gasteiger charge is 1.97. The van der Waals surface area contributed by atoms with Gasteiger partial charge in [0.05, 0.1) is 0 Å². The van der Waals surface area contributed by atoms with Crippen molar-refractivity contribution in [1.29, 1.82) is 0 Å². The summed E-state index contributed by atoms with van der Waals surface area (Å²) in [6, 6.07) is 0. The molecule has 3 fully saturated rings. The zero-order chi connectivity index (χ0) is 27.5. The van der Waals surface area contributed by atoms with E-state index in [9.17, 15) is 4.79 Å². The van der Waals surface area contributed by atoms with Crippen molar-refractivity contribution in [3.05, 3.63) is 12.7 Å². The van der Waals surface area contributed by atoms with Crippen molar-refractivity contribution in [2.24, 2.45) is 0 Å². The maximum absolute atomic E-state index is 9.25. The molecule has 3 rings (SSSR count). The predicted octanol–water partition coefficient (Wildman–Crippen LogP) is 11.6. The van der Waals surface area contributed by atoms with Crippen LogP contribution in [0.25, 0.3) is 0 Å². The number of aliphatic hydroxyl groups excluding tert-OH is 1. The molecule has 0 aromatic rings. The number of carboxylic acid groups (broad SMARTS) is 1. The highest BCUT2D eigenvalue weighted by Crippen LogP contribution is 2.17. The molecule has 222 valence electrons. The first-order valence-corrected chi connectivity index (χ1v) is 16.6. The number of aliphatic hydroxyl groups is 1. The van der Waals surface area contributed by atoms with E-state index in [0.29, 0.717) is 0 Å². The van der Waals surface area contributed by atoms with Crippen LogP contribution in [-0.4, -0.2) is 23.3 Å². The number of carboxylic acids is 1. The largest absolute Gasteiger partial charge is 0.478 e. The molecule has 0 bridgehead atoms. The summed E-state index contributed by atoms with van der Waals surface area (Å²) >= 11 is 0. The summed E-state index contributed by atoms with van der Waals surface area (Å²) in [6.07, 6.45) is 45.8. The van der Waals surface area contributed by atoms with E-state index in [1.807, 2.05) is 0 Å². The van der Waals surface area contributed by atoms with E-state index in [-0.39, 0.29) is 0 Å². The van der Waals surface area contributed by atoms with E-state index in [4.69, 9.17) is 10.2 Å². The number of hydrogen-bond acceptors (Lipinski definition) is 2. The second-order valence-electron chi connectivity index (χ2n) is 11.1. The van der Waals surface area contributed by atoms with Gasteiger partial charge in [0.1, 0.15) is 0 Å². The van der Waals surface area contributed by atoms with Gasteiger partial charge >= 0.3 is 5.97 Å². The molecule has 0 radical (unpaired) electrons. The molecule has 0 spiro atoms. The first kappa shape index (κ1) is 38.3. The lowest BCUT2D eigenvalue weighted by Gasteiger charge is -2.05. The maximum atomic E-state index is 9.25. The second-order valence-corrected chi connectivity index (χ2v) is 11.1. The van der Waals surface area contributed by atoms with Crippen LogP contribution in [0.15, 0.2) is 12.7 Å². The first-order valence-electron chi connectivity index (χ1n) is 16.6. The van der Waals surface area contributed by atoms with Crippen molar-refractivity contribution in [1.82, 2.24) is 0 Å². The fourth-order valence-corrected chi connectivity index (χ4v) is 5.30. The van der Waals surface area contributed by atoms with E-state index in [0.717, 1.165) is 13.2 Å². The van der Waals surface area contributed by atoms with Crippen LogP contribution < -0.4 is 0 Å². The Balaban J connectivity index is 0. The molecule has 3 aliphatic rings. The molecule has 3 heteroatoms. The molecule has 0 aliphatic heterocycles. The zero-order valence-electron chi connectivity index (χ0n) is 25.3. The lowest BCUT2D eigenvalue weighted by atomic mass is 10.0. The Labute approximate surface area is 233 Å². The topological polar surface area (TPSA) is 57.5 Å². The monoisotopic (exact) mass is 525 g/mol. The van der Waals surface area contributed by atoms with Gasteiger partial charge < -0.3 is 10.2 Å². The van der Waals surface area contributed by atoms with Crippen LogP contribution in [0.1, 0.15) is 193 Å². The van der Waals surface area contributed by atoms with Gasteiger partial charge in [-0.05, 0) is 0 Å². The van der Waals surface area contributed by atoms with E-state index >= 15 is 0 Å². The van der Waals surface area contributed by atoms with Gasteiger partial charge in [0, 0.05) is 13.2 Å². The Bertz CT molecular complexity index is 274. The van der Waals surface area contributed by atoms with Gasteiger partial charge in [-0.2, -0.15) is 0 Å². The molecule has 0 aromatic heterocycles. The van der Waals surface area contributed by atoms with Gasteiger partial charge in [-0.15, -0.1) is 0 Å². The van der Waals surface area contributed by atoms with Gasteiger partial charge in [-0.25, -0.2) is 4.79 Å². The molecule has 0 amide bonds. The molecule has 0 saturated heterocycles. The van der Waals surface area contributed by atoms with Crippen molar-refractivity contribution >= 4 is 5.97 Å². The van der Waals surface area contributed by atoms with Crippen LogP contribution in [-0.2, 0) is 4.79 Å². The molecule has 3 aliphatic carbocycles. The first-order chi connectivity index (χ1) is 18.3. The molecular formula is C34H68O3. The van der Waals surface area contributed by atoms with Crippen LogP contribution in [0.2, 0.25) is 0 Å². The average Bonchev–Trinajstić information content (AvgIpc) is 2.96. The van der Waals surface area contributed by atoms with Crippen LogP contribution in [0.4, 0.5) is 0 Å². The van der Waals surface area contributed by atoms with Gasteiger partial charge in [0.2, 0.25) is 0 Å². The summed E-state index contributed by atoms with van der Waals surface area (Å²) in [4.78, 5) is 9.25. The predicted molar refractivity (Wildman–Crippen MR) is 164 cm³/mol. The third-order valence-electron chi connectivity index (χ3n) is 7.67. The van der Waals surface area contributed by atoms with Crippen molar-refractivity contribution in [2.45, 2.75) is 193 Å². The minimum absolute atomic E-state index is 0.833. The van der Waals surface area contributed by atoms with Crippen molar-refractivity contribution in [3.8, 4) is 0 Å². The normalized spacial score (nSPS) is 20.5. The van der Waals surface area contributed by atoms with Crippen LogP contribution >= 0.6 is 0 Å². The smallest absolute Gasteiger partial charge is 0.327 e. The number of carbonyl (C=O) groups is 1. The quantitative estimate of drug-likeness (QED) is 0.335. The lowest BCUT2D eigenvalue weighted by Crippen LogP contribution is -1.85. The van der Waals surface area contributed by atoms with Gasteiger partial charge in [0.25, 0.3) is 0 Å². The van der Waals surface area contributed by atoms with E-state index in [2.05, 4.69) is 6.58 Å². The second kappa shape index (κ2) is 37.3. The number of rotatable bonds is 1. The van der Waals surface area contributed by atoms with Crippen molar-refractivity contribution < 1.29 is 15.0 Å². The summed E-state index contributed by atoms with van der Waals surface area (Å²) in [5, 5.41) is 14.6. The summed E-state index contributed by atoms with van der Waals surface area (Å²) in [5.41, 5.74) is 0. The van der Waals surface area contributed by atoms with Crippen LogP contribution in [0.3, 0.4) is 0 Å². The summed E-state index contributed by atoms with van der Waals surface area (Å²) in [7, 11) is 1.00. The Morgan fingerprint density at radius 3 is 0.459 bits per heavy atom. The lowest BCUT2D eigenvalue weighted by molar-refractivity contribution is -0.131. The highest BCUT2D eigenvalue weighted by molar-refractivity contribution is 5.78. The van der Waals surface area contributed by atoms with Gasteiger partial charge in [0.15, 0.2) is 0 Å². The summed E-state index contributed by atoms with van der Waals surface area (Å²) in [6.45, 7) is 2.96. The van der Waals surface area contributed by atoms with Crippen LogP contribution in [0.5, 0.6) is 0 Å². The summed E-state index contributed by atoms with van der Waals surface area (Å²) < 4.78 is 0. The minimum atomic E-state index is -0.981. The van der Waals surface area contributed by atoms with Gasteiger partial charge in [-0.3, -0.25) is 0 Å². The fraction of sp³-hybridized carbons (Fsp3) is 0.912.